The summed E-state index contributed by atoms with van der Waals surface area (Å²) in [6, 6.07) is 1.92. The van der Waals surface area contributed by atoms with Crippen molar-refractivity contribution in [3.63, 3.8) is 0 Å². The van der Waals surface area contributed by atoms with Crippen molar-refractivity contribution in [3.05, 3.63) is 11.9 Å². The Morgan fingerprint density at radius 1 is 1.32 bits per heavy atom. The summed E-state index contributed by atoms with van der Waals surface area (Å²) in [5.41, 5.74) is 12.0. The monoisotopic (exact) mass is 306 g/mol. The molecule has 2 aromatic heterocycles. The van der Waals surface area contributed by atoms with Crippen LogP contribution in [0.4, 0.5) is 11.6 Å². The number of rotatable bonds is 2. The number of nitrogens with zero attached hydrogens (tertiary/aromatic N) is 4. The summed E-state index contributed by atoms with van der Waals surface area (Å²) in [4.78, 5) is 7.85. The van der Waals surface area contributed by atoms with Gasteiger partial charge in [-0.1, -0.05) is 0 Å². The van der Waals surface area contributed by atoms with Gasteiger partial charge in [0, 0.05) is 0 Å². The van der Waals surface area contributed by atoms with E-state index in [9.17, 15) is 15.5 Å². The Kier molecular flexibility index (Phi) is 3.34. The fourth-order valence-electron chi connectivity index (χ4n) is 2.64. The zero-order valence-corrected chi connectivity index (χ0v) is 11.3. The van der Waals surface area contributed by atoms with E-state index in [0.29, 0.717) is 0 Å². The van der Waals surface area contributed by atoms with E-state index in [0.717, 1.165) is 0 Å². The number of aliphatic hydroxyl groups excluding tert-OH is 3. The summed E-state index contributed by atoms with van der Waals surface area (Å²) in [7, 11) is 0. The van der Waals surface area contributed by atoms with Crippen molar-refractivity contribution in [2.45, 2.75) is 24.5 Å². The van der Waals surface area contributed by atoms with Gasteiger partial charge in [0.05, 0.1) is 12.0 Å². The molecule has 1 aliphatic heterocycles. The predicted molar refractivity (Wildman–Crippen MR) is 74.1 cm³/mol. The molecule has 2 aromatic rings. The quantitative estimate of drug-likeness (QED) is 0.423. The summed E-state index contributed by atoms with van der Waals surface area (Å²) in [5.74, 6) is 0.0540. The number of ether oxygens (including phenoxy) is 1. The Balaban J connectivity index is 2.23. The highest BCUT2D eigenvalue weighted by Gasteiger charge is 2.45. The lowest BCUT2D eigenvalue weighted by atomic mass is 10.1. The third-order valence-electron chi connectivity index (χ3n) is 3.73. The van der Waals surface area contributed by atoms with Gasteiger partial charge in [0.25, 0.3) is 0 Å². The average Bonchev–Trinajstić information content (AvgIpc) is 2.95. The lowest BCUT2D eigenvalue weighted by molar-refractivity contribution is -0.0499. The molecule has 0 radical (unpaired) electrons. The Morgan fingerprint density at radius 3 is 2.64 bits per heavy atom. The topological polar surface area (TPSA) is 176 Å². The highest BCUT2D eigenvalue weighted by Crippen LogP contribution is 2.38. The predicted octanol–water partition coefficient (Wildman–Crippen LogP) is -1.92. The van der Waals surface area contributed by atoms with Crippen LogP contribution in [-0.4, -0.2) is 54.8 Å². The number of fused-ring (bicyclic) bond motifs is 1. The molecule has 0 saturated carbocycles. The Bertz CT molecular complexity index is 769. The molecule has 3 rings (SSSR count). The van der Waals surface area contributed by atoms with E-state index in [4.69, 9.17) is 21.3 Å². The van der Waals surface area contributed by atoms with Crippen molar-refractivity contribution in [2.24, 2.45) is 0 Å². The third kappa shape index (κ3) is 1.81. The van der Waals surface area contributed by atoms with Gasteiger partial charge >= 0.3 is 0 Å². The molecular weight excluding hydrogens is 292 g/mol. The highest BCUT2D eigenvalue weighted by atomic mass is 16.6. The number of nitrogen functional groups attached to an aromatic ring is 2. The van der Waals surface area contributed by atoms with Gasteiger partial charge in [-0.05, 0) is 0 Å². The summed E-state index contributed by atoms with van der Waals surface area (Å²) < 4.78 is 6.70. The molecule has 0 amide bonds. The number of nitriles is 1. The zero-order valence-electron chi connectivity index (χ0n) is 11.3. The molecule has 10 heteroatoms. The first-order valence-corrected chi connectivity index (χ1v) is 6.43. The zero-order chi connectivity index (χ0) is 16.0. The maximum Gasteiger partial charge on any atom is 0.166 e. The van der Waals surface area contributed by atoms with E-state index >= 15 is 0 Å². The second-order valence-electron chi connectivity index (χ2n) is 4.93. The first-order valence-electron chi connectivity index (χ1n) is 6.43. The molecule has 22 heavy (non-hydrogen) atoms. The minimum absolute atomic E-state index is 0.0143. The van der Waals surface area contributed by atoms with Crippen LogP contribution in [0.15, 0.2) is 6.33 Å². The Hall–Kier alpha value is -2.45. The smallest absolute Gasteiger partial charge is 0.166 e. The minimum Gasteiger partial charge on any atom is -0.394 e. The highest BCUT2D eigenvalue weighted by molar-refractivity contribution is 5.96. The Morgan fingerprint density at radius 2 is 2.05 bits per heavy atom. The normalized spacial score (nSPS) is 28.1. The molecule has 116 valence electrons. The van der Waals surface area contributed by atoms with Crippen molar-refractivity contribution >= 4 is 22.7 Å². The summed E-state index contributed by atoms with van der Waals surface area (Å²) in [6.45, 7) is -0.476. The largest absolute Gasteiger partial charge is 0.394 e. The Labute approximate surface area is 124 Å². The van der Waals surface area contributed by atoms with Crippen LogP contribution >= 0.6 is 0 Å². The number of aliphatic hydroxyl groups is 3. The summed E-state index contributed by atoms with van der Waals surface area (Å²) >= 11 is 0. The molecule has 10 nitrogen and oxygen atoms in total. The number of nitrogens with two attached hydrogens (primary N) is 2. The number of anilines is 2. The molecule has 0 spiro atoms. The minimum atomic E-state index is -1.35. The van der Waals surface area contributed by atoms with Crippen LogP contribution in [0.3, 0.4) is 0 Å². The third-order valence-corrected chi connectivity index (χ3v) is 3.73. The van der Waals surface area contributed by atoms with E-state index in [1.54, 1.807) is 0 Å². The van der Waals surface area contributed by atoms with Gasteiger partial charge in [-0.25, -0.2) is 9.97 Å². The van der Waals surface area contributed by atoms with Gasteiger partial charge in [-0.15, -0.1) is 0 Å². The first kappa shape index (κ1) is 14.5. The van der Waals surface area contributed by atoms with E-state index in [1.807, 2.05) is 6.07 Å². The van der Waals surface area contributed by atoms with Crippen LogP contribution < -0.4 is 11.5 Å². The summed E-state index contributed by atoms with van der Waals surface area (Å²) in [5, 5.41) is 38.7. The van der Waals surface area contributed by atoms with E-state index < -0.39 is 31.1 Å². The number of aromatic nitrogens is 3. The average molecular weight is 306 g/mol. The number of hydrogen-bond acceptors (Lipinski definition) is 9. The molecule has 0 bridgehead atoms. The number of hydrogen-bond donors (Lipinski definition) is 5. The lowest BCUT2D eigenvalue weighted by Gasteiger charge is -2.18. The molecule has 3 heterocycles. The fraction of sp³-hybridized carbons (Fsp3) is 0.417. The van der Waals surface area contributed by atoms with Gasteiger partial charge in [0.2, 0.25) is 0 Å². The molecule has 0 unspecified atom stereocenters. The molecule has 1 saturated heterocycles. The first-order chi connectivity index (χ1) is 10.5. The van der Waals surface area contributed by atoms with Crippen molar-refractivity contribution < 1.29 is 20.1 Å². The molecule has 7 N–H and O–H groups in total. The van der Waals surface area contributed by atoms with Crippen molar-refractivity contribution in [1.82, 2.24) is 14.5 Å². The fourth-order valence-corrected chi connectivity index (χ4v) is 2.64. The van der Waals surface area contributed by atoms with Gasteiger partial charge in [0.1, 0.15) is 47.9 Å². The van der Waals surface area contributed by atoms with E-state index in [2.05, 4.69) is 9.97 Å². The van der Waals surface area contributed by atoms with Crippen LogP contribution in [0, 0.1) is 11.3 Å². The van der Waals surface area contributed by atoms with Crippen LogP contribution in [0.25, 0.3) is 11.0 Å². The molecule has 0 aliphatic carbocycles. The lowest BCUT2D eigenvalue weighted by Crippen LogP contribution is -2.33. The maximum absolute atomic E-state index is 10.1. The van der Waals surface area contributed by atoms with Crippen LogP contribution in [0.2, 0.25) is 0 Å². The molecule has 1 fully saturated rings. The van der Waals surface area contributed by atoms with Gasteiger partial charge < -0.3 is 31.5 Å². The SMILES string of the molecule is N#Cc1c(N)n([C@H]2O[C@@H](CO)[C@@H](O)[C@H]2O)c2ncnc(N)c12. The second kappa shape index (κ2) is 5.08. The summed E-state index contributed by atoms with van der Waals surface area (Å²) in [6.07, 6.45) is -3.53. The van der Waals surface area contributed by atoms with Crippen molar-refractivity contribution in [3.8, 4) is 6.07 Å². The van der Waals surface area contributed by atoms with Crippen molar-refractivity contribution in [1.29, 1.82) is 5.26 Å². The van der Waals surface area contributed by atoms with E-state index in [1.165, 1.54) is 10.9 Å². The standard InChI is InChI=1S/C12H14N6O4/c13-1-4-6-9(14)16-3-17-11(6)18(10(4)15)12-8(21)7(20)5(2-19)22-12/h3,5,7-8,12,19-21H,2,15H2,(H2,14,16,17)/t5-,7+,8+,12-/m0/s1. The second-order valence-corrected chi connectivity index (χ2v) is 4.93. The van der Waals surface area contributed by atoms with Crippen LogP contribution in [-0.2, 0) is 4.74 Å². The molecule has 0 aromatic carbocycles. The molecular formula is C12H14N6O4. The van der Waals surface area contributed by atoms with Gasteiger partial charge in [-0.3, -0.25) is 4.57 Å². The van der Waals surface area contributed by atoms with Gasteiger partial charge in [0.15, 0.2) is 11.9 Å². The maximum atomic E-state index is 10.1. The van der Waals surface area contributed by atoms with E-state index in [-0.39, 0.29) is 28.2 Å². The molecule has 4 atom stereocenters. The van der Waals surface area contributed by atoms with Gasteiger partial charge in [-0.2, -0.15) is 5.26 Å². The molecule has 1 aliphatic rings. The van der Waals surface area contributed by atoms with Crippen LogP contribution in [0.5, 0.6) is 0 Å². The van der Waals surface area contributed by atoms with Crippen molar-refractivity contribution in [2.75, 3.05) is 18.1 Å². The van der Waals surface area contributed by atoms with Crippen LogP contribution in [0.1, 0.15) is 11.8 Å².